The fraction of sp³-hybridized carbons (Fsp3) is 0.227. The Balaban J connectivity index is 1.70. The maximum Gasteiger partial charge on any atom is 0.280 e. The molecule has 1 heterocycles. The molecule has 3 rings (SSSR count). The molecule has 1 aromatic heterocycles. The van der Waals surface area contributed by atoms with E-state index in [1.54, 1.807) is 31.3 Å². The Labute approximate surface area is 174 Å². The van der Waals surface area contributed by atoms with Gasteiger partial charge in [0.1, 0.15) is 17.0 Å². The molecule has 0 spiro atoms. The SMILES string of the molecule is COc1cc(OC)c(OC)cc1/C=N/NC(=O)C(C)Oc1cccc2cccnc12. The number of para-hydroxylation sites is 1. The minimum atomic E-state index is -0.776. The fourth-order valence-corrected chi connectivity index (χ4v) is 2.83. The Hall–Kier alpha value is -3.81. The number of pyridine rings is 1. The van der Waals surface area contributed by atoms with Crippen molar-refractivity contribution in [1.29, 1.82) is 0 Å². The zero-order valence-corrected chi connectivity index (χ0v) is 17.2. The van der Waals surface area contributed by atoms with E-state index in [9.17, 15) is 4.79 Å². The number of rotatable bonds is 8. The monoisotopic (exact) mass is 409 g/mol. The van der Waals surface area contributed by atoms with Crippen LogP contribution >= 0.6 is 0 Å². The molecule has 0 aliphatic heterocycles. The predicted octanol–water partition coefficient (Wildman–Crippen LogP) is 3.18. The smallest absolute Gasteiger partial charge is 0.280 e. The maximum atomic E-state index is 12.4. The summed E-state index contributed by atoms with van der Waals surface area (Å²) in [6.07, 6.45) is 2.37. The summed E-state index contributed by atoms with van der Waals surface area (Å²) in [6.45, 7) is 1.64. The van der Waals surface area contributed by atoms with Gasteiger partial charge in [0.2, 0.25) is 0 Å². The van der Waals surface area contributed by atoms with Gasteiger partial charge in [0.05, 0.1) is 27.5 Å². The lowest BCUT2D eigenvalue weighted by Crippen LogP contribution is -2.33. The Morgan fingerprint density at radius 3 is 2.43 bits per heavy atom. The van der Waals surface area contributed by atoms with Crippen molar-refractivity contribution < 1.29 is 23.7 Å². The van der Waals surface area contributed by atoms with Gasteiger partial charge in [-0.15, -0.1) is 0 Å². The molecule has 8 heteroatoms. The summed E-state index contributed by atoms with van der Waals surface area (Å²) in [5.41, 5.74) is 3.78. The van der Waals surface area contributed by atoms with Crippen LogP contribution in [0.25, 0.3) is 10.9 Å². The van der Waals surface area contributed by atoms with Crippen LogP contribution in [0.3, 0.4) is 0 Å². The van der Waals surface area contributed by atoms with Crippen molar-refractivity contribution in [2.75, 3.05) is 21.3 Å². The lowest BCUT2D eigenvalue weighted by Gasteiger charge is -2.14. The van der Waals surface area contributed by atoms with Crippen molar-refractivity contribution in [2.24, 2.45) is 5.10 Å². The number of aromatic nitrogens is 1. The van der Waals surface area contributed by atoms with Crippen LogP contribution in [-0.4, -0.2) is 44.5 Å². The predicted molar refractivity (Wildman–Crippen MR) is 114 cm³/mol. The van der Waals surface area contributed by atoms with E-state index in [0.29, 0.717) is 34.1 Å². The molecule has 0 fully saturated rings. The highest BCUT2D eigenvalue weighted by Gasteiger charge is 2.16. The van der Waals surface area contributed by atoms with E-state index in [4.69, 9.17) is 18.9 Å². The molecule has 1 unspecified atom stereocenters. The Morgan fingerprint density at radius 1 is 1.00 bits per heavy atom. The van der Waals surface area contributed by atoms with Crippen molar-refractivity contribution in [2.45, 2.75) is 13.0 Å². The second-order valence-corrected chi connectivity index (χ2v) is 6.27. The normalized spacial score (nSPS) is 11.9. The number of amides is 1. The summed E-state index contributed by atoms with van der Waals surface area (Å²) in [5.74, 6) is 1.70. The maximum absolute atomic E-state index is 12.4. The molecule has 30 heavy (non-hydrogen) atoms. The van der Waals surface area contributed by atoms with Crippen LogP contribution in [-0.2, 0) is 4.79 Å². The topological polar surface area (TPSA) is 91.3 Å². The third-order valence-corrected chi connectivity index (χ3v) is 4.38. The summed E-state index contributed by atoms with van der Waals surface area (Å²) >= 11 is 0. The van der Waals surface area contributed by atoms with Crippen LogP contribution in [0.2, 0.25) is 0 Å². The quantitative estimate of drug-likeness (QED) is 0.454. The van der Waals surface area contributed by atoms with Gasteiger partial charge in [-0.05, 0) is 25.1 Å². The summed E-state index contributed by atoms with van der Waals surface area (Å²) < 4.78 is 21.7. The van der Waals surface area contributed by atoms with Crippen LogP contribution in [0.15, 0.2) is 53.8 Å². The average molecular weight is 409 g/mol. The number of carbonyl (C=O) groups excluding carboxylic acids is 1. The second kappa shape index (κ2) is 9.60. The van der Waals surface area contributed by atoms with E-state index in [2.05, 4.69) is 15.5 Å². The number of hydrogen-bond donors (Lipinski definition) is 1. The Morgan fingerprint density at radius 2 is 1.70 bits per heavy atom. The standard InChI is InChI=1S/C22H23N3O5/c1-14(30-17-9-5-7-15-8-6-10-23-21(15)17)22(26)25-24-13-16-11-19(28-3)20(29-4)12-18(16)27-2/h5-14H,1-4H3,(H,25,26)/b24-13+. The van der Waals surface area contributed by atoms with Gasteiger partial charge in [-0.3, -0.25) is 9.78 Å². The van der Waals surface area contributed by atoms with E-state index < -0.39 is 12.0 Å². The number of nitrogens with one attached hydrogen (secondary N) is 1. The Bertz CT molecular complexity index is 1060. The lowest BCUT2D eigenvalue weighted by molar-refractivity contribution is -0.127. The van der Waals surface area contributed by atoms with E-state index in [1.165, 1.54) is 27.5 Å². The van der Waals surface area contributed by atoms with Crippen molar-refractivity contribution in [3.63, 3.8) is 0 Å². The average Bonchev–Trinajstić information content (AvgIpc) is 2.78. The van der Waals surface area contributed by atoms with Gasteiger partial charge in [0, 0.05) is 23.2 Å². The molecule has 0 saturated heterocycles. The number of benzene rings is 2. The first kappa shape index (κ1) is 20.9. The van der Waals surface area contributed by atoms with Crippen LogP contribution in [0.5, 0.6) is 23.0 Å². The number of ether oxygens (including phenoxy) is 4. The summed E-state index contributed by atoms with van der Waals surface area (Å²) in [5, 5.41) is 4.94. The molecule has 3 aromatic rings. The van der Waals surface area contributed by atoms with E-state index >= 15 is 0 Å². The molecule has 0 aliphatic rings. The van der Waals surface area contributed by atoms with Gasteiger partial charge in [-0.25, -0.2) is 5.43 Å². The molecule has 2 aromatic carbocycles. The summed E-state index contributed by atoms with van der Waals surface area (Å²) in [4.78, 5) is 16.7. The van der Waals surface area contributed by atoms with E-state index in [1.807, 2.05) is 24.3 Å². The molecule has 0 radical (unpaired) electrons. The van der Waals surface area contributed by atoms with E-state index in [0.717, 1.165) is 5.39 Å². The van der Waals surface area contributed by atoms with Gasteiger partial charge < -0.3 is 18.9 Å². The van der Waals surface area contributed by atoms with Crippen molar-refractivity contribution in [3.05, 3.63) is 54.2 Å². The number of methoxy groups -OCH3 is 3. The highest BCUT2D eigenvalue weighted by Crippen LogP contribution is 2.33. The molecule has 8 nitrogen and oxygen atoms in total. The highest BCUT2D eigenvalue weighted by atomic mass is 16.5. The molecule has 1 atom stereocenters. The number of fused-ring (bicyclic) bond motifs is 1. The van der Waals surface area contributed by atoms with Crippen molar-refractivity contribution >= 4 is 23.0 Å². The third kappa shape index (κ3) is 4.60. The summed E-state index contributed by atoms with van der Waals surface area (Å²) in [6, 6.07) is 12.7. The van der Waals surface area contributed by atoms with Gasteiger partial charge in [0.15, 0.2) is 17.6 Å². The third-order valence-electron chi connectivity index (χ3n) is 4.38. The van der Waals surface area contributed by atoms with E-state index in [-0.39, 0.29) is 0 Å². The Kier molecular flexibility index (Phi) is 6.69. The largest absolute Gasteiger partial charge is 0.496 e. The number of hydrogen-bond acceptors (Lipinski definition) is 7. The van der Waals surface area contributed by atoms with Crippen LogP contribution < -0.4 is 24.4 Å². The van der Waals surface area contributed by atoms with Gasteiger partial charge >= 0.3 is 0 Å². The molecule has 1 N–H and O–H groups in total. The molecular weight excluding hydrogens is 386 g/mol. The van der Waals surface area contributed by atoms with Gasteiger partial charge in [0.25, 0.3) is 5.91 Å². The number of nitrogens with zero attached hydrogens (tertiary/aromatic N) is 2. The van der Waals surface area contributed by atoms with Crippen LogP contribution in [0.4, 0.5) is 0 Å². The number of hydrazone groups is 1. The van der Waals surface area contributed by atoms with Crippen LogP contribution in [0.1, 0.15) is 12.5 Å². The van der Waals surface area contributed by atoms with Gasteiger partial charge in [-0.1, -0.05) is 18.2 Å². The van der Waals surface area contributed by atoms with Gasteiger partial charge in [-0.2, -0.15) is 5.10 Å². The highest BCUT2D eigenvalue weighted by molar-refractivity contribution is 5.88. The first-order valence-corrected chi connectivity index (χ1v) is 9.20. The minimum absolute atomic E-state index is 0.404. The lowest BCUT2D eigenvalue weighted by atomic mass is 10.2. The second-order valence-electron chi connectivity index (χ2n) is 6.27. The number of carbonyl (C=O) groups is 1. The molecule has 0 aliphatic carbocycles. The fourth-order valence-electron chi connectivity index (χ4n) is 2.83. The molecule has 0 bridgehead atoms. The zero-order chi connectivity index (χ0) is 21.5. The zero-order valence-electron chi connectivity index (χ0n) is 17.2. The molecule has 0 saturated carbocycles. The molecular formula is C22H23N3O5. The first-order chi connectivity index (χ1) is 14.6. The minimum Gasteiger partial charge on any atom is -0.496 e. The molecule has 1 amide bonds. The molecule has 156 valence electrons. The summed E-state index contributed by atoms with van der Waals surface area (Å²) in [7, 11) is 4.61. The van der Waals surface area contributed by atoms with Crippen molar-refractivity contribution in [1.82, 2.24) is 10.4 Å². The van der Waals surface area contributed by atoms with Crippen LogP contribution in [0, 0.1) is 0 Å². The first-order valence-electron chi connectivity index (χ1n) is 9.20. The van der Waals surface area contributed by atoms with Crippen molar-refractivity contribution in [3.8, 4) is 23.0 Å².